The molecule has 3 nitrogen and oxygen atoms in total. The van der Waals surface area contributed by atoms with Crippen LogP contribution in [0, 0.1) is 3.57 Å². The first-order valence-corrected chi connectivity index (χ1v) is 5.86. The van der Waals surface area contributed by atoms with Gasteiger partial charge in [0.05, 0.1) is 10.2 Å². The Morgan fingerprint density at radius 2 is 2.19 bits per heavy atom. The standard InChI is InChI=1S/C9H12F3IN2O/c1-2-3-15-4-7(13)8(14-15)5-16-6-9(10,11)12/h4H,2-3,5-6H2,1H3. The number of rotatable bonds is 5. The summed E-state index contributed by atoms with van der Waals surface area (Å²) in [6, 6.07) is 0. The zero-order valence-electron chi connectivity index (χ0n) is 8.72. The Bertz CT molecular complexity index is 338. The third kappa shape index (κ3) is 4.69. The van der Waals surface area contributed by atoms with Crippen molar-refractivity contribution in [3.63, 3.8) is 0 Å². The lowest BCUT2D eigenvalue weighted by Crippen LogP contribution is -2.17. The Hall–Kier alpha value is -0.310. The molecule has 1 rings (SSSR count). The van der Waals surface area contributed by atoms with Gasteiger partial charge in [0, 0.05) is 12.7 Å². The van der Waals surface area contributed by atoms with E-state index in [1.807, 2.05) is 29.5 Å². The molecule has 16 heavy (non-hydrogen) atoms. The highest BCUT2D eigenvalue weighted by Gasteiger charge is 2.27. The largest absolute Gasteiger partial charge is 0.411 e. The van der Waals surface area contributed by atoms with Crippen molar-refractivity contribution < 1.29 is 17.9 Å². The van der Waals surface area contributed by atoms with Gasteiger partial charge in [-0.1, -0.05) is 6.92 Å². The van der Waals surface area contributed by atoms with E-state index in [4.69, 9.17) is 0 Å². The first-order valence-electron chi connectivity index (χ1n) is 4.78. The summed E-state index contributed by atoms with van der Waals surface area (Å²) >= 11 is 2.04. The normalized spacial score (nSPS) is 12.1. The molecule has 0 spiro atoms. The number of aromatic nitrogens is 2. The molecule has 0 bridgehead atoms. The average Bonchev–Trinajstić information content (AvgIpc) is 2.45. The summed E-state index contributed by atoms with van der Waals surface area (Å²) < 4.78 is 42.6. The quantitative estimate of drug-likeness (QED) is 0.765. The Labute approximate surface area is 105 Å². The van der Waals surface area contributed by atoms with Crippen LogP contribution in [0.15, 0.2) is 6.20 Å². The number of aryl methyl sites for hydroxylation is 1. The molecule has 1 aromatic rings. The molecule has 7 heteroatoms. The van der Waals surface area contributed by atoms with Crippen molar-refractivity contribution in [1.82, 2.24) is 9.78 Å². The highest BCUT2D eigenvalue weighted by Crippen LogP contribution is 2.17. The van der Waals surface area contributed by atoms with E-state index < -0.39 is 12.8 Å². The van der Waals surface area contributed by atoms with Gasteiger partial charge < -0.3 is 4.74 Å². The van der Waals surface area contributed by atoms with Crippen LogP contribution in [-0.2, 0) is 17.9 Å². The van der Waals surface area contributed by atoms with Crippen molar-refractivity contribution in [1.29, 1.82) is 0 Å². The summed E-state index contributed by atoms with van der Waals surface area (Å²) in [5.74, 6) is 0. The molecule has 0 radical (unpaired) electrons. The third-order valence-corrected chi connectivity index (χ3v) is 2.65. The SMILES string of the molecule is CCCn1cc(I)c(COCC(F)(F)F)n1. The Morgan fingerprint density at radius 3 is 2.75 bits per heavy atom. The zero-order valence-corrected chi connectivity index (χ0v) is 10.9. The number of hydrogen-bond donors (Lipinski definition) is 0. The third-order valence-electron chi connectivity index (χ3n) is 1.74. The summed E-state index contributed by atoms with van der Waals surface area (Å²) in [6.45, 7) is 1.43. The fourth-order valence-electron chi connectivity index (χ4n) is 1.14. The van der Waals surface area contributed by atoms with Crippen molar-refractivity contribution >= 4 is 22.6 Å². The molecule has 0 amide bonds. The van der Waals surface area contributed by atoms with Gasteiger partial charge in [-0.3, -0.25) is 4.68 Å². The molecule has 0 aliphatic rings. The number of ether oxygens (including phenoxy) is 1. The zero-order chi connectivity index (χ0) is 12.2. The lowest BCUT2D eigenvalue weighted by atomic mass is 10.5. The molecule has 0 aliphatic heterocycles. The molecule has 0 fully saturated rings. The minimum Gasteiger partial charge on any atom is -0.366 e. The van der Waals surface area contributed by atoms with Crippen molar-refractivity contribution in [2.24, 2.45) is 0 Å². The molecule has 1 aromatic heterocycles. The first kappa shape index (κ1) is 13.8. The maximum absolute atomic E-state index is 11.8. The summed E-state index contributed by atoms with van der Waals surface area (Å²) in [5, 5.41) is 4.14. The van der Waals surface area contributed by atoms with E-state index in [-0.39, 0.29) is 6.61 Å². The molecule has 0 saturated carbocycles. The predicted molar refractivity (Wildman–Crippen MR) is 60.9 cm³/mol. The second-order valence-electron chi connectivity index (χ2n) is 3.29. The summed E-state index contributed by atoms with van der Waals surface area (Å²) in [5.41, 5.74) is 0.554. The second kappa shape index (κ2) is 5.85. The van der Waals surface area contributed by atoms with Crippen LogP contribution in [0.4, 0.5) is 13.2 Å². The molecule has 0 unspecified atom stereocenters. The lowest BCUT2D eigenvalue weighted by Gasteiger charge is -2.06. The van der Waals surface area contributed by atoms with Gasteiger partial charge in [0.1, 0.15) is 12.3 Å². The molecule has 0 N–H and O–H groups in total. The predicted octanol–water partition coefficient (Wildman–Crippen LogP) is 2.98. The minimum atomic E-state index is -4.28. The van der Waals surface area contributed by atoms with Crippen LogP contribution in [0.25, 0.3) is 0 Å². The molecule has 0 saturated heterocycles. The van der Waals surface area contributed by atoms with E-state index in [1.54, 1.807) is 10.9 Å². The summed E-state index contributed by atoms with van der Waals surface area (Å²) in [6.07, 6.45) is -1.55. The molecular weight excluding hydrogens is 336 g/mol. The Kier molecular flexibility index (Phi) is 5.03. The average molecular weight is 348 g/mol. The Balaban J connectivity index is 2.47. The van der Waals surface area contributed by atoms with Crippen LogP contribution in [0.2, 0.25) is 0 Å². The molecule has 0 aromatic carbocycles. The van der Waals surface area contributed by atoms with Gasteiger partial charge in [-0.2, -0.15) is 18.3 Å². The second-order valence-corrected chi connectivity index (χ2v) is 4.46. The Morgan fingerprint density at radius 1 is 1.50 bits per heavy atom. The van der Waals surface area contributed by atoms with Crippen LogP contribution < -0.4 is 0 Å². The smallest absolute Gasteiger partial charge is 0.366 e. The number of nitrogens with zero attached hydrogens (tertiary/aromatic N) is 2. The van der Waals surface area contributed by atoms with Crippen molar-refractivity contribution in [3.05, 3.63) is 15.5 Å². The maximum atomic E-state index is 11.8. The number of alkyl halides is 3. The van der Waals surface area contributed by atoms with Gasteiger partial charge in [-0.25, -0.2) is 0 Å². The summed E-state index contributed by atoms with van der Waals surface area (Å²) in [4.78, 5) is 0. The summed E-state index contributed by atoms with van der Waals surface area (Å²) in [7, 11) is 0. The van der Waals surface area contributed by atoms with Crippen LogP contribution in [0.3, 0.4) is 0 Å². The minimum absolute atomic E-state index is 0.103. The van der Waals surface area contributed by atoms with Crippen LogP contribution in [-0.4, -0.2) is 22.6 Å². The van der Waals surface area contributed by atoms with Crippen LogP contribution in [0.1, 0.15) is 19.0 Å². The number of halogens is 4. The van der Waals surface area contributed by atoms with Gasteiger partial charge in [-0.15, -0.1) is 0 Å². The van der Waals surface area contributed by atoms with Crippen molar-refractivity contribution in [3.8, 4) is 0 Å². The molecular formula is C9H12F3IN2O. The fraction of sp³-hybridized carbons (Fsp3) is 0.667. The lowest BCUT2D eigenvalue weighted by molar-refractivity contribution is -0.176. The van der Waals surface area contributed by atoms with E-state index in [0.29, 0.717) is 5.69 Å². The molecule has 92 valence electrons. The van der Waals surface area contributed by atoms with Gasteiger partial charge in [0.15, 0.2) is 0 Å². The van der Waals surface area contributed by atoms with Gasteiger partial charge >= 0.3 is 6.18 Å². The van der Waals surface area contributed by atoms with Gasteiger partial charge in [0.2, 0.25) is 0 Å². The van der Waals surface area contributed by atoms with Crippen molar-refractivity contribution in [2.45, 2.75) is 32.7 Å². The van der Waals surface area contributed by atoms with E-state index in [2.05, 4.69) is 9.84 Å². The van der Waals surface area contributed by atoms with Gasteiger partial charge in [0.25, 0.3) is 0 Å². The topological polar surface area (TPSA) is 27.1 Å². The number of hydrogen-bond acceptors (Lipinski definition) is 2. The fourth-order valence-corrected chi connectivity index (χ4v) is 1.73. The maximum Gasteiger partial charge on any atom is 0.411 e. The van der Waals surface area contributed by atoms with Crippen molar-refractivity contribution in [2.75, 3.05) is 6.61 Å². The van der Waals surface area contributed by atoms with E-state index >= 15 is 0 Å². The highest BCUT2D eigenvalue weighted by atomic mass is 127. The van der Waals surface area contributed by atoms with Crippen LogP contribution >= 0.6 is 22.6 Å². The molecule has 0 aliphatic carbocycles. The first-order chi connectivity index (χ1) is 7.42. The van der Waals surface area contributed by atoms with E-state index in [0.717, 1.165) is 16.5 Å². The molecule has 1 heterocycles. The monoisotopic (exact) mass is 348 g/mol. The van der Waals surface area contributed by atoms with E-state index in [9.17, 15) is 13.2 Å². The van der Waals surface area contributed by atoms with Crippen LogP contribution in [0.5, 0.6) is 0 Å². The van der Waals surface area contributed by atoms with E-state index in [1.165, 1.54) is 0 Å². The highest BCUT2D eigenvalue weighted by molar-refractivity contribution is 14.1. The molecule has 0 atom stereocenters. The van der Waals surface area contributed by atoms with Gasteiger partial charge in [-0.05, 0) is 29.0 Å².